The van der Waals surface area contributed by atoms with Gasteiger partial charge in [0.05, 0.1) is 28.5 Å². The molecule has 1 atom stereocenters. The second-order valence-electron chi connectivity index (χ2n) is 6.27. The maximum Gasteiger partial charge on any atom is 0.338 e. The number of aromatic nitrogens is 1. The fourth-order valence-electron chi connectivity index (χ4n) is 3.25. The average Bonchev–Trinajstić information content (AvgIpc) is 3.30. The van der Waals surface area contributed by atoms with Crippen LogP contribution in [0.5, 0.6) is 0 Å². The summed E-state index contributed by atoms with van der Waals surface area (Å²) in [4.78, 5) is 31.1. The van der Waals surface area contributed by atoms with Gasteiger partial charge in [0.1, 0.15) is 0 Å². The van der Waals surface area contributed by atoms with E-state index in [1.54, 1.807) is 29.8 Å². The number of ether oxygens (including phenoxy) is 1. The monoisotopic (exact) mass is 410 g/mol. The lowest BCUT2D eigenvalue weighted by Gasteiger charge is -2.24. The maximum atomic E-state index is 13.3. The molecule has 0 unspecified atom stereocenters. The maximum absolute atomic E-state index is 13.3. The summed E-state index contributed by atoms with van der Waals surface area (Å²) in [6.45, 7) is 3.82. The van der Waals surface area contributed by atoms with E-state index in [4.69, 9.17) is 4.74 Å². The molecule has 0 fully saturated rings. The molecule has 142 valence electrons. The number of thiazole rings is 1. The normalized spacial score (nSPS) is 16.6. The van der Waals surface area contributed by atoms with Crippen molar-refractivity contribution in [2.75, 3.05) is 6.61 Å². The van der Waals surface area contributed by atoms with E-state index in [0.29, 0.717) is 20.6 Å². The van der Waals surface area contributed by atoms with Crippen LogP contribution < -0.4 is 14.9 Å². The number of nitrogens with zero attached hydrogens (tertiary/aromatic N) is 2. The largest absolute Gasteiger partial charge is 0.463 e. The minimum absolute atomic E-state index is 0.155. The molecule has 2 aromatic heterocycles. The zero-order chi connectivity index (χ0) is 19.7. The Hall–Kier alpha value is -2.77. The number of carbonyl (C=O) groups is 1. The van der Waals surface area contributed by atoms with Crippen LogP contribution in [-0.2, 0) is 9.53 Å². The summed E-state index contributed by atoms with van der Waals surface area (Å²) >= 11 is 2.91. The highest BCUT2D eigenvalue weighted by Crippen LogP contribution is 2.30. The average molecular weight is 411 g/mol. The van der Waals surface area contributed by atoms with Crippen LogP contribution in [0, 0.1) is 0 Å². The lowest BCUT2D eigenvalue weighted by molar-refractivity contribution is -0.139. The van der Waals surface area contributed by atoms with Gasteiger partial charge in [0, 0.05) is 0 Å². The number of benzene rings is 1. The van der Waals surface area contributed by atoms with Crippen LogP contribution in [0.4, 0.5) is 0 Å². The molecule has 7 heteroatoms. The van der Waals surface area contributed by atoms with Crippen molar-refractivity contribution in [3.8, 4) is 0 Å². The van der Waals surface area contributed by atoms with Gasteiger partial charge in [-0.2, -0.15) is 11.3 Å². The Bertz CT molecular complexity index is 1220. The first-order valence-corrected chi connectivity index (χ1v) is 10.6. The van der Waals surface area contributed by atoms with Crippen molar-refractivity contribution in [3.63, 3.8) is 0 Å². The van der Waals surface area contributed by atoms with Gasteiger partial charge in [0.15, 0.2) is 4.80 Å². The molecular weight excluding hydrogens is 392 g/mol. The highest BCUT2D eigenvalue weighted by atomic mass is 32.1. The van der Waals surface area contributed by atoms with E-state index in [0.717, 1.165) is 11.1 Å². The quantitative estimate of drug-likeness (QED) is 0.622. The fourth-order valence-corrected chi connectivity index (χ4v) is 4.92. The number of allylic oxidation sites excluding steroid dienone is 1. The minimum Gasteiger partial charge on any atom is -0.463 e. The van der Waals surface area contributed by atoms with Gasteiger partial charge in [0.2, 0.25) is 0 Å². The second kappa shape index (κ2) is 7.69. The van der Waals surface area contributed by atoms with Crippen LogP contribution in [0.3, 0.4) is 0 Å². The third-order valence-corrected chi connectivity index (χ3v) is 6.16. The molecule has 1 aromatic carbocycles. The molecule has 0 amide bonds. The first kappa shape index (κ1) is 18.6. The van der Waals surface area contributed by atoms with Crippen LogP contribution in [0.2, 0.25) is 0 Å². The molecule has 0 spiro atoms. The lowest BCUT2D eigenvalue weighted by atomic mass is 9.96. The minimum atomic E-state index is -0.555. The molecule has 3 heterocycles. The van der Waals surface area contributed by atoms with Crippen LogP contribution >= 0.6 is 22.7 Å². The SMILES string of the molecule is CCOC(=O)C1=C(C)N=c2s/c(=C\c3ccsc3)c(=O)n2[C@H]1c1ccccc1. The van der Waals surface area contributed by atoms with Crippen LogP contribution in [0.15, 0.2) is 68.2 Å². The van der Waals surface area contributed by atoms with E-state index in [1.165, 1.54) is 11.3 Å². The number of thiophene rings is 1. The predicted octanol–water partition coefficient (Wildman–Crippen LogP) is 2.86. The molecule has 4 rings (SSSR count). The predicted molar refractivity (Wildman–Crippen MR) is 111 cm³/mol. The summed E-state index contributed by atoms with van der Waals surface area (Å²) in [5.41, 5.74) is 2.66. The first-order valence-electron chi connectivity index (χ1n) is 8.87. The van der Waals surface area contributed by atoms with Crippen molar-refractivity contribution in [2.24, 2.45) is 4.99 Å². The van der Waals surface area contributed by atoms with E-state index in [1.807, 2.05) is 53.2 Å². The summed E-state index contributed by atoms with van der Waals surface area (Å²) in [6.07, 6.45) is 1.87. The van der Waals surface area contributed by atoms with Crippen molar-refractivity contribution in [3.05, 3.63) is 89.2 Å². The highest BCUT2D eigenvalue weighted by Gasteiger charge is 2.33. The fraction of sp³-hybridized carbons (Fsp3) is 0.190. The zero-order valence-corrected chi connectivity index (χ0v) is 17.0. The molecule has 0 radical (unpaired) electrons. The van der Waals surface area contributed by atoms with Gasteiger partial charge in [-0.25, -0.2) is 9.79 Å². The summed E-state index contributed by atoms with van der Waals surface area (Å²) < 4.78 is 7.48. The van der Waals surface area contributed by atoms with Gasteiger partial charge in [-0.05, 0) is 47.9 Å². The van der Waals surface area contributed by atoms with Crippen molar-refractivity contribution in [2.45, 2.75) is 19.9 Å². The van der Waals surface area contributed by atoms with E-state index >= 15 is 0 Å². The number of hydrogen-bond acceptors (Lipinski definition) is 6. The molecule has 28 heavy (non-hydrogen) atoms. The van der Waals surface area contributed by atoms with Gasteiger partial charge < -0.3 is 4.74 Å². The van der Waals surface area contributed by atoms with Gasteiger partial charge >= 0.3 is 5.97 Å². The van der Waals surface area contributed by atoms with Gasteiger partial charge in [-0.1, -0.05) is 41.7 Å². The molecular formula is C21H18N2O3S2. The molecule has 0 N–H and O–H groups in total. The molecule has 0 bridgehead atoms. The standard InChI is InChI=1S/C21H18N2O3S2/c1-3-26-20(25)17-13(2)22-21-23(18(17)15-7-5-4-6-8-15)19(24)16(28-21)11-14-9-10-27-12-14/h4-12,18H,3H2,1-2H3/b16-11-/t18-/m0/s1. The smallest absolute Gasteiger partial charge is 0.338 e. The van der Waals surface area contributed by atoms with Gasteiger partial charge in [-0.3, -0.25) is 9.36 Å². The first-order chi connectivity index (χ1) is 13.6. The highest BCUT2D eigenvalue weighted by molar-refractivity contribution is 7.08. The zero-order valence-electron chi connectivity index (χ0n) is 15.4. The molecule has 1 aliphatic heterocycles. The molecule has 0 saturated heterocycles. The van der Waals surface area contributed by atoms with Crippen molar-refractivity contribution in [1.82, 2.24) is 4.57 Å². The number of hydrogen-bond donors (Lipinski definition) is 0. The van der Waals surface area contributed by atoms with E-state index in [9.17, 15) is 9.59 Å². The Kier molecular flexibility index (Phi) is 5.11. The molecule has 1 aliphatic rings. The third kappa shape index (κ3) is 3.27. The number of carbonyl (C=O) groups excluding carboxylic acids is 1. The number of fused-ring (bicyclic) bond motifs is 1. The number of rotatable bonds is 4. The topological polar surface area (TPSA) is 60.7 Å². The summed E-state index contributed by atoms with van der Waals surface area (Å²) in [7, 11) is 0. The number of esters is 1. The van der Waals surface area contributed by atoms with E-state index in [2.05, 4.69) is 4.99 Å². The van der Waals surface area contributed by atoms with E-state index in [-0.39, 0.29) is 12.2 Å². The summed E-state index contributed by atoms with van der Waals surface area (Å²) in [6, 6.07) is 10.9. The molecule has 5 nitrogen and oxygen atoms in total. The Balaban J connectivity index is 1.97. The second-order valence-corrected chi connectivity index (χ2v) is 8.06. The Morgan fingerprint density at radius 1 is 1.29 bits per heavy atom. The van der Waals surface area contributed by atoms with Gasteiger partial charge in [-0.15, -0.1) is 0 Å². The summed E-state index contributed by atoms with van der Waals surface area (Å²) in [5, 5.41) is 3.96. The molecule has 0 saturated carbocycles. The third-order valence-electron chi connectivity index (χ3n) is 4.47. The van der Waals surface area contributed by atoms with Crippen molar-refractivity contribution >= 4 is 34.7 Å². The Labute approximate surface area is 169 Å². The van der Waals surface area contributed by atoms with Crippen LogP contribution in [0.1, 0.15) is 31.0 Å². The van der Waals surface area contributed by atoms with Crippen molar-refractivity contribution < 1.29 is 9.53 Å². The molecule has 3 aromatic rings. The van der Waals surface area contributed by atoms with Crippen LogP contribution in [0.25, 0.3) is 6.08 Å². The lowest BCUT2D eigenvalue weighted by Crippen LogP contribution is -2.39. The van der Waals surface area contributed by atoms with Crippen molar-refractivity contribution in [1.29, 1.82) is 0 Å². The summed E-state index contributed by atoms with van der Waals surface area (Å²) in [5.74, 6) is -0.440. The van der Waals surface area contributed by atoms with E-state index < -0.39 is 12.0 Å². The Morgan fingerprint density at radius 2 is 2.07 bits per heavy atom. The molecule has 0 aliphatic carbocycles. The van der Waals surface area contributed by atoms with Crippen LogP contribution in [-0.4, -0.2) is 17.1 Å². The van der Waals surface area contributed by atoms with Gasteiger partial charge in [0.25, 0.3) is 5.56 Å². The Morgan fingerprint density at radius 3 is 2.75 bits per heavy atom.